The Bertz CT molecular complexity index is 290. The molecule has 0 aliphatic rings. The van der Waals surface area contributed by atoms with E-state index in [1.165, 1.54) is 0 Å². The molecule has 0 saturated carbocycles. The molecule has 0 atom stereocenters. The molecular weight excluding hydrogens is 154 g/mol. The van der Waals surface area contributed by atoms with E-state index in [1.54, 1.807) is 0 Å². The van der Waals surface area contributed by atoms with Crippen LogP contribution in [0.5, 0.6) is 0 Å². The number of hydrogen-bond acceptors (Lipinski definition) is 3. The van der Waals surface area contributed by atoms with Crippen LogP contribution in [-0.2, 0) is 11.3 Å². The molecule has 0 bridgehead atoms. The molecule has 0 aromatic heterocycles. The van der Waals surface area contributed by atoms with E-state index < -0.39 is 6.56 Å². The van der Waals surface area contributed by atoms with Crippen LogP contribution in [0.1, 0.15) is 14.7 Å². The van der Waals surface area contributed by atoms with Crippen molar-refractivity contribution in [2.45, 2.75) is 12.8 Å². The summed E-state index contributed by atoms with van der Waals surface area (Å²) in [6.45, 7) is -1.97. The van der Waals surface area contributed by atoms with Gasteiger partial charge in [-0.15, -0.1) is 4.91 Å². The fourth-order valence-corrected chi connectivity index (χ4v) is 0.912. The number of hydrogen-bond donors (Lipinski definition) is 0. The highest BCUT2D eigenvalue weighted by Crippen LogP contribution is 2.01. The Labute approximate surface area is 74.1 Å². The lowest BCUT2D eigenvalue weighted by atomic mass is 10.1. The minimum absolute atomic E-state index is 0.114. The highest BCUT2D eigenvalue weighted by molar-refractivity contribution is 5.14. The Morgan fingerprint density at radius 3 is 2.83 bits per heavy atom. The summed E-state index contributed by atoms with van der Waals surface area (Å²) in [4.78, 5) is 13.8. The van der Waals surface area contributed by atoms with Crippen molar-refractivity contribution in [2.75, 3.05) is 6.56 Å². The van der Waals surface area contributed by atoms with Gasteiger partial charge < -0.3 is 4.84 Å². The minimum atomic E-state index is -1.97. The van der Waals surface area contributed by atoms with Crippen LogP contribution < -0.4 is 0 Å². The Hall–Kier alpha value is -1.38. The third-order valence-corrected chi connectivity index (χ3v) is 1.46. The van der Waals surface area contributed by atoms with Crippen LogP contribution in [0, 0.1) is 4.91 Å². The average Bonchev–Trinajstić information content (AvgIpc) is 2.17. The second kappa shape index (κ2) is 5.29. The Kier molecular flexibility index (Phi) is 2.72. The molecule has 1 aromatic carbocycles. The van der Waals surface area contributed by atoms with Crippen LogP contribution in [0.2, 0.25) is 0 Å². The molecule has 0 radical (unpaired) electrons. The van der Waals surface area contributed by atoms with Crippen LogP contribution in [-0.4, -0.2) is 6.56 Å². The van der Waals surface area contributed by atoms with Crippen LogP contribution in [0.25, 0.3) is 0 Å². The molecule has 0 N–H and O–H groups in total. The lowest BCUT2D eigenvalue weighted by Gasteiger charge is -1.97. The summed E-state index contributed by atoms with van der Waals surface area (Å²) in [5.41, 5.74) is 1.01. The van der Waals surface area contributed by atoms with Crippen molar-refractivity contribution in [3.8, 4) is 0 Å². The maximum Gasteiger partial charge on any atom is 0.155 e. The zero-order valence-electron chi connectivity index (χ0n) is 8.56. The van der Waals surface area contributed by atoms with Crippen molar-refractivity contribution in [2.24, 2.45) is 5.34 Å². The first-order chi connectivity index (χ1) is 6.64. The smallest absolute Gasteiger partial charge is 0.155 e. The maximum atomic E-state index is 9.72. The normalized spacial score (nSPS) is 13.0. The summed E-state index contributed by atoms with van der Waals surface area (Å²) in [6.07, 6.45) is 0.631. The van der Waals surface area contributed by atoms with Gasteiger partial charge in [-0.05, 0) is 18.4 Å². The Morgan fingerprint density at radius 2 is 2.17 bits per heavy atom. The number of benzene rings is 1. The molecule has 0 heterocycles. The van der Waals surface area contributed by atoms with Crippen LogP contribution in [0.4, 0.5) is 0 Å². The fraction of sp³-hybridized carbons (Fsp3) is 0.333. The number of aryl methyl sites for hydroxylation is 1. The Morgan fingerprint density at radius 1 is 1.42 bits per heavy atom. The summed E-state index contributed by atoms with van der Waals surface area (Å²) >= 11 is 0. The van der Waals surface area contributed by atoms with Crippen LogP contribution >= 0.6 is 0 Å². The lowest BCUT2D eigenvalue weighted by Crippen LogP contribution is -1.91. The van der Waals surface area contributed by atoms with E-state index in [-0.39, 0.29) is 6.42 Å². The molecule has 0 unspecified atom stereocenters. The zero-order valence-corrected chi connectivity index (χ0v) is 6.56. The number of nitrogens with zero attached hydrogens (tertiary/aromatic N) is 1. The van der Waals surface area contributed by atoms with Gasteiger partial charge in [-0.1, -0.05) is 30.3 Å². The molecule has 0 aliphatic carbocycles. The van der Waals surface area contributed by atoms with Crippen molar-refractivity contribution >= 4 is 0 Å². The van der Waals surface area contributed by atoms with E-state index in [1.807, 2.05) is 30.3 Å². The Balaban J connectivity index is 2.44. The van der Waals surface area contributed by atoms with E-state index in [2.05, 4.69) is 10.2 Å². The molecular formula is C9H11NO2. The molecule has 0 aliphatic heterocycles. The second-order valence-corrected chi connectivity index (χ2v) is 2.30. The van der Waals surface area contributed by atoms with Gasteiger partial charge in [-0.2, -0.15) is 0 Å². The summed E-state index contributed by atoms with van der Waals surface area (Å²) in [5, 5.41) is 2.09. The van der Waals surface area contributed by atoms with Gasteiger partial charge in [0.1, 0.15) is 6.56 Å². The van der Waals surface area contributed by atoms with Crippen molar-refractivity contribution in [1.29, 1.82) is 0 Å². The number of rotatable bonds is 5. The van der Waals surface area contributed by atoms with Gasteiger partial charge in [0.15, 0.2) is 5.34 Å². The molecule has 0 spiro atoms. The third-order valence-electron chi connectivity index (χ3n) is 1.46. The summed E-state index contributed by atoms with van der Waals surface area (Å²) in [7, 11) is 0. The standard InChI is InChI=1S/C9H11NO2/c11-10-12-8-4-7-9-5-2-1-3-6-9/h1-3,5-6H,4,7-8H2/i8D2. The third kappa shape index (κ3) is 3.14. The first kappa shape index (κ1) is 6.17. The topological polar surface area (TPSA) is 38.7 Å². The van der Waals surface area contributed by atoms with E-state index in [9.17, 15) is 4.91 Å². The first-order valence-corrected chi connectivity index (χ1v) is 3.69. The largest absolute Gasteiger partial charge is 0.364 e. The monoisotopic (exact) mass is 167 g/mol. The molecule has 0 amide bonds. The molecule has 3 heteroatoms. The molecule has 0 saturated heterocycles. The molecule has 12 heavy (non-hydrogen) atoms. The van der Waals surface area contributed by atoms with Gasteiger partial charge in [0.2, 0.25) is 0 Å². The SMILES string of the molecule is [2H]C([2H])(CCc1ccccc1)ON=O. The van der Waals surface area contributed by atoms with Gasteiger partial charge in [-0.25, -0.2) is 0 Å². The highest BCUT2D eigenvalue weighted by atomic mass is 16.7. The van der Waals surface area contributed by atoms with Crippen LogP contribution in [0.3, 0.4) is 0 Å². The summed E-state index contributed by atoms with van der Waals surface area (Å²) < 4.78 is 14.5. The van der Waals surface area contributed by atoms with Gasteiger partial charge in [-0.3, -0.25) is 0 Å². The summed E-state index contributed by atoms with van der Waals surface area (Å²) in [6, 6.07) is 9.43. The highest BCUT2D eigenvalue weighted by Gasteiger charge is 1.91. The quantitative estimate of drug-likeness (QED) is 0.498. The van der Waals surface area contributed by atoms with Gasteiger partial charge in [0.05, 0.1) is 2.74 Å². The molecule has 64 valence electrons. The van der Waals surface area contributed by atoms with Gasteiger partial charge in [0.25, 0.3) is 0 Å². The average molecular weight is 167 g/mol. The lowest BCUT2D eigenvalue weighted by molar-refractivity contribution is 0.137. The first-order valence-electron chi connectivity index (χ1n) is 4.69. The van der Waals surface area contributed by atoms with E-state index in [0.717, 1.165) is 5.56 Å². The van der Waals surface area contributed by atoms with Crippen LogP contribution in [0.15, 0.2) is 35.7 Å². The molecule has 1 rings (SSSR count). The van der Waals surface area contributed by atoms with Crippen molar-refractivity contribution in [3.63, 3.8) is 0 Å². The van der Waals surface area contributed by atoms with E-state index >= 15 is 0 Å². The summed E-state index contributed by atoms with van der Waals surface area (Å²) in [5.74, 6) is 0. The fourth-order valence-electron chi connectivity index (χ4n) is 0.912. The van der Waals surface area contributed by atoms with Gasteiger partial charge in [0, 0.05) is 0 Å². The van der Waals surface area contributed by atoms with E-state index in [0.29, 0.717) is 6.42 Å². The maximum absolute atomic E-state index is 9.72. The van der Waals surface area contributed by atoms with Crippen molar-refractivity contribution in [3.05, 3.63) is 40.8 Å². The van der Waals surface area contributed by atoms with E-state index in [4.69, 9.17) is 2.74 Å². The molecule has 3 nitrogen and oxygen atoms in total. The molecule has 0 fully saturated rings. The van der Waals surface area contributed by atoms with Crippen molar-refractivity contribution < 1.29 is 7.58 Å². The second-order valence-electron chi connectivity index (χ2n) is 2.30. The predicted molar refractivity (Wildman–Crippen MR) is 46.5 cm³/mol. The predicted octanol–water partition coefficient (Wildman–Crippen LogP) is 2.32. The van der Waals surface area contributed by atoms with Gasteiger partial charge >= 0.3 is 0 Å². The molecule has 1 aromatic rings. The zero-order chi connectivity index (χ0) is 10.4. The van der Waals surface area contributed by atoms with Crippen molar-refractivity contribution in [1.82, 2.24) is 0 Å². The minimum Gasteiger partial charge on any atom is -0.364 e.